The Hall–Kier alpha value is -3.15. The summed E-state index contributed by atoms with van der Waals surface area (Å²) in [5, 5.41) is 3.17. The lowest BCUT2D eigenvalue weighted by Gasteiger charge is -2.13. The molecule has 0 amide bonds. The Morgan fingerprint density at radius 1 is 1.22 bits per heavy atom. The summed E-state index contributed by atoms with van der Waals surface area (Å²) in [6, 6.07) is 9.73. The molecule has 4 rings (SSSR count). The van der Waals surface area contributed by atoms with E-state index in [9.17, 15) is 9.59 Å². The number of carbonyl (C=O) groups is 1. The van der Waals surface area contributed by atoms with Crippen molar-refractivity contribution in [3.8, 4) is 0 Å². The van der Waals surface area contributed by atoms with E-state index in [0.29, 0.717) is 5.65 Å². The van der Waals surface area contributed by atoms with Gasteiger partial charge in [0.1, 0.15) is 5.65 Å². The monoisotopic (exact) mass is 363 g/mol. The molecule has 3 aromatic rings. The molecule has 0 saturated heterocycles. The predicted molar refractivity (Wildman–Crippen MR) is 104 cm³/mol. The Bertz CT molecular complexity index is 1100. The van der Waals surface area contributed by atoms with Crippen molar-refractivity contribution in [2.45, 2.75) is 33.1 Å². The third-order valence-corrected chi connectivity index (χ3v) is 4.83. The van der Waals surface area contributed by atoms with Crippen LogP contribution < -0.4 is 10.9 Å². The van der Waals surface area contributed by atoms with Crippen molar-refractivity contribution in [1.82, 2.24) is 9.38 Å². The summed E-state index contributed by atoms with van der Waals surface area (Å²) in [5.74, 6) is -0.448. The molecular formula is C21H21N3O3. The predicted octanol–water partition coefficient (Wildman–Crippen LogP) is 3.41. The van der Waals surface area contributed by atoms with E-state index in [0.717, 1.165) is 30.5 Å². The molecule has 0 saturated carbocycles. The Balaban J connectivity index is 1.85. The molecule has 6 heteroatoms. The number of nitrogens with zero attached hydrogens (tertiary/aromatic N) is 2. The van der Waals surface area contributed by atoms with Crippen LogP contribution in [0.2, 0.25) is 0 Å². The number of fused-ring (bicyclic) bond motifs is 2. The number of rotatable bonds is 4. The molecule has 0 bridgehead atoms. The van der Waals surface area contributed by atoms with Crippen LogP contribution in [-0.4, -0.2) is 22.0 Å². The highest BCUT2D eigenvalue weighted by Crippen LogP contribution is 2.27. The second-order valence-corrected chi connectivity index (χ2v) is 6.76. The number of benzene rings is 1. The number of anilines is 2. The fraction of sp³-hybridized carbons (Fsp3) is 0.286. The minimum Gasteiger partial charge on any atom is -0.462 e. The molecule has 1 N–H and O–H groups in total. The molecule has 0 fully saturated rings. The summed E-state index contributed by atoms with van der Waals surface area (Å²) < 4.78 is 6.47. The number of ether oxygens (including phenoxy) is 1. The van der Waals surface area contributed by atoms with Crippen LogP contribution in [0, 0.1) is 6.92 Å². The quantitative estimate of drug-likeness (QED) is 0.719. The molecule has 27 heavy (non-hydrogen) atoms. The zero-order valence-corrected chi connectivity index (χ0v) is 15.4. The number of aromatic nitrogens is 2. The van der Waals surface area contributed by atoms with Gasteiger partial charge in [0.15, 0.2) is 11.4 Å². The van der Waals surface area contributed by atoms with Gasteiger partial charge in [-0.15, -0.1) is 0 Å². The maximum atomic E-state index is 12.9. The second-order valence-electron chi connectivity index (χ2n) is 6.76. The van der Waals surface area contributed by atoms with Gasteiger partial charge in [-0.2, -0.15) is 0 Å². The molecule has 1 aromatic carbocycles. The Labute approximate surface area is 156 Å². The summed E-state index contributed by atoms with van der Waals surface area (Å²) in [7, 11) is 0. The molecule has 1 aliphatic carbocycles. The number of hydrogen-bond acceptors (Lipinski definition) is 5. The average molecular weight is 363 g/mol. The van der Waals surface area contributed by atoms with E-state index >= 15 is 0 Å². The number of carbonyl (C=O) groups excluding carboxylic acids is 1. The number of aryl methyl sites for hydroxylation is 3. The Morgan fingerprint density at radius 3 is 2.85 bits per heavy atom. The van der Waals surface area contributed by atoms with Gasteiger partial charge in [-0.1, -0.05) is 6.07 Å². The van der Waals surface area contributed by atoms with E-state index in [-0.39, 0.29) is 18.0 Å². The molecule has 6 nitrogen and oxygen atoms in total. The number of hydrogen-bond donors (Lipinski definition) is 1. The second kappa shape index (κ2) is 6.87. The fourth-order valence-corrected chi connectivity index (χ4v) is 3.50. The van der Waals surface area contributed by atoms with E-state index in [2.05, 4.69) is 22.4 Å². The van der Waals surface area contributed by atoms with Crippen molar-refractivity contribution in [2.75, 3.05) is 11.9 Å². The summed E-state index contributed by atoms with van der Waals surface area (Å²) in [6.45, 7) is 3.83. The highest BCUT2D eigenvalue weighted by Gasteiger charge is 2.22. The van der Waals surface area contributed by atoms with Gasteiger partial charge in [0, 0.05) is 11.9 Å². The third kappa shape index (κ3) is 3.18. The van der Waals surface area contributed by atoms with Gasteiger partial charge in [0.25, 0.3) is 5.56 Å². The van der Waals surface area contributed by atoms with Crippen molar-refractivity contribution in [1.29, 1.82) is 0 Å². The first-order valence-corrected chi connectivity index (χ1v) is 9.16. The van der Waals surface area contributed by atoms with Gasteiger partial charge in [0.2, 0.25) is 0 Å². The van der Waals surface area contributed by atoms with Gasteiger partial charge in [-0.05, 0) is 74.1 Å². The lowest BCUT2D eigenvalue weighted by atomic mass is 10.1. The summed E-state index contributed by atoms with van der Waals surface area (Å²) in [5.41, 5.74) is 4.40. The van der Waals surface area contributed by atoms with Crippen LogP contribution in [0.15, 0.2) is 41.3 Å². The van der Waals surface area contributed by atoms with Gasteiger partial charge < -0.3 is 10.1 Å². The molecule has 2 aromatic heterocycles. The molecular weight excluding hydrogens is 342 g/mol. The summed E-state index contributed by atoms with van der Waals surface area (Å²) in [4.78, 5) is 29.9. The standard InChI is InChI=1S/C21H21N3O3/c1-3-27-21(26)18-19(22-16-8-7-14-5-4-6-15(14)12-16)23-17-11-13(2)9-10-24(17)20(18)25/h7-12,22H,3-6H2,1-2H3. The zero-order valence-electron chi connectivity index (χ0n) is 15.4. The first-order chi connectivity index (χ1) is 13.1. The molecule has 2 heterocycles. The minimum atomic E-state index is -0.673. The third-order valence-electron chi connectivity index (χ3n) is 4.83. The van der Waals surface area contributed by atoms with Crippen LogP contribution in [0.25, 0.3) is 5.65 Å². The first kappa shape index (κ1) is 17.3. The molecule has 1 aliphatic rings. The summed E-state index contributed by atoms with van der Waals surface area (Å²) in [6.07, 6.45) is 4.92. The van der Waals surface area contributed by atoms with Crippen LogP contribution in [0.1, 0.15) is 40.4 Å². The van der Waals surface area contributed by atoms with Gasteiger partial charge in [-0.3, -0.25) is 9.20 Å². The SMILES string of the molecule is CCOC(=O)c1c(Nc2ccc3c(c2)CCC3)nc2cc(C)ccn2c1=O. The zero-order chi connectivity index (χ0) is 19.0. The van der Waals surface area contributed by atoms with E-state index in [4.69, 9.17) is 4.74 Å². The highest BCUT2D eigenvalue weighted by molar-refractivity contribution is 5.95. The maximum absolute atomic E-state index is 12.9. The topological polar surface area (TPSA) is 72.7 Å². The Morgan fingerprint density at radius 2 is 2.04 bits per heavy atom. The minimum absolute atomic E-state index is 0.0845. The number of esters is 1. The molecule has 0 spiro atoms. The van der Waals surface area contributed by atoms with Gasteiger partial charge in [0.05, 0.1) is 6.61 Å². The maximum Gasteiger partial charge on any atom is 0.347 e. The van der Waals surface area contributed by atoms with Crippen molar-refractivity contribution < 1.29 is 9.53 Å². The normalized spacial score (nSPS) is 12.8. The van der Waals surface area contributed by atoms with Crippen LogP contribution in [0.5, 0.6) is 0 Å². The average Bonchev–Trinajstić information content (AvgIpc) is 3.09. The first-order valence-electron chi connectivity index (χ1n) is 9.16. The highest BCUT2D eigenvalue weighted by atomic mass is 16.5. The molecule has 0 radical (unpaired) electrons. The van der Waals surface area contributed by atoms with Gasteiger partial charge in [-0.25, -0.2) is 9.78 Å². The van der Waals surface area contributed by atoms with Crippen LogP contribution in [0.3, 0.4) is 0 Å². The molecule has 0 aliphatic heterocycles. The van der Waals surface area contributed by atoms with Crippen molar-refractivity contribution in [3.63, 3.8) is 0 Å². The fourth-order valence-electron chi connectivity index (χ4n) is 3.50. The number of pyridine rings is 1. The molecule has 0 unspecified atom stereocenters. The summed E-state index contributed by atoms with van der Waals surface area (Å²) >= 11 is 0. The van der Waals surface area contributed by atoms with E-state index in [1.54, 1.807) is 19.2 Å². The van der Waals surface area contributed by atoms with E-state index < -0.39 is 11.5 Å². The van der Waals surface area contributed by atoms with Crippen LogP contribution >= 0.6 is 0 Å². The Kier molecular flexibility index (Phi) is 4.39. The van der Waals surface area contributed by atoms with Crippen LogP contribution in [-0.2, 0) is 17.6 Å². The van der Waals surface area contributed by atoms with E-state index in [1.807, 2.05) is 19.1 Å². The smallest absolute Gasteiger partial charge is 0.347 e. The van der Waals surface area contributed by atoms with Crippen molar-refractivity contribution in [2.24, 2.45) is 0 Å². The molecule has 138 valence electrons. The van der Waals surface area contributed by atoms with Crippen LogP contribution in [0.4, 0.5) is 11.5 Å². The molecule has 0 atom stereocenters. The lowest BCUT2D eigenvalue weighted by molar-refractivity contribution is 0.0525. The van der Waals surface area contributed by atoms with E-state index in [1.165, 1.54) is 15.5 Å². The number of nitrogens with one attached hydrogen (secondary N) is 1. The van der Waals surface area contributed by atoms with Crippen molar-refractivity contribution in [3.05, 3.63) is 69.1 Å². The van der Waals surface area contributed by atoms with Crippen molar-refractivity contribution >= 4 is 23.1 Å². The lowest BCUT2D eigenvalue weighted by Crippen LogP contribution is -2.26. The largest absolute Gasteiger partial charge is 0.462 e. The van der Waals surface area contributed by atoms with Gasteiger partial charge >= 0.3 is 5.97 Å².